The molecule has 94 valence electrons. The molecule has 0 aliphatic heterocycles. The van der Waals surface area contributed by atoms with Crippen molar-refractivity contribution >= 4 is 11.9 Å². The molecule has 0 unspecified atom stereocenters. The first-order valence-corrected chi connectivity index (χ1v) is 5.64. The van der Waals surface area contributed by atoms with Gasteiger partial charge in [0.2, 0.25) is 5.76 Å². The Hall–Kier alpha value is -1.78. The highest BCUT2D eigenvalue weighted by Gasteiger charge is 2.27. The van der Waals surface area contributed by atoms with Gasteiger partial charge in [-0.05, 0) is 12.8 Å². The summed E-state index contributed by atoms with van der Waals surface area (Å²) in [6, 6.07) is 0. The van der Waals surface area contributed by atoms with Gasteiger partial charge in [-0.2, -0.15) is 0 Å². The van der Waals surface area contributed by atoms with Crippen LogP contribution >= 0.6 is 0 Å². The van der Waals surface area contributed by atoms with Crippen molar-refractivity contribution in [1.29, 1.82) is 0 Å². The van der Waals surface area contributed by atoms with Gasteiger partial charge in [0.15, 0.2) is 0 Å². The lowest BCUT2D eigenvalue weighted by atomic mass is 10.0. The third kappa shape index (κ3) is 2.67. The molecule has 5 heteroatoms. The first-order valence-electron chi connectivity index (χ1n) is 5.64. The van der Waals surface area contributed by atoms with E-state index in [0.717, 1.165) is 0 Å². The number of carbonyl (C=O) groups is 2. The number of hydrogen-bond donors (Lipinski definition) is 2. The van der Waals surface area contributed by atoms with E-state index in [4.69, 9.17) is 14.6 Å². The number of rotatable bonds is 6. The highest BCUT2D eigenvalue weighted by Crippen LogP contribution is 2.25. The third-order valence-electron chi connectivity index (χ3n) is 2.47. The smallest absolute Gasteiger partial charge is 0.372 e. The van der Waals surface area contributed by atoms with Crippen molar-refractivity contribution in [3.8, 4) is 0 Å². The van der Waals surface area contributed by atoms with E-state index in [1.54, 1.807) is 0 Å². The van der Waals surface area contributed by atoms with Gasteiger partial charge in [0.05, 0.1) is 0 Å². The fourth-order valence-corrected chi connectivity index (χ4v) is 1.83. The maximum atomic E-state index is 11.2. The number of hydrogen-bond acceptors (Lipinski definition) is 3. The normalized spacial score (nSPS) is 10.5. The average Bonchev–Trinajstić information content (AvgIpc) is 2.58. The summed E-state index contributed by atoms with van der Waals surface area (Å²) in [6.07, 6.45) is 2.21. The Kier molecular flexibility index (Phi) is 4.31. The zero-order valence-corrected chi connectivity index (χ0v) is 9.95. The molecule has 0 saturated carbocycles. The molecule has 0 amide bonds. The van der Waals surface area contributed by atoms with Gasteiger partial charge in [0.1, 0.15) is 11.3 Å². The molecule has 0 radical (unpaired) electrons. The molecule has 0 spiro atoms. The van der Waals surface area contributed by atoms with Gasteiger partial charge in [-0.15, -0.1) is 0 Å². The minimum Gasteiger partial charge on any atom is -0.478 e. The maximum Gasteiger partial charge on any atom is 0.372 e. The van der Waals surface area contributed by atoms with Gasteiger partial charge < -0.3 is 14.6 Å². The second kappa shape index (κ2) is 5.52. The summed E-state index contributed by atoms with van der Waals surface area (Å²) in [6.45, 7) is 3.75. The number of aromatic carboxylic acids is 2. The second-order valence-corrected chi connectivity index (χ2v) is 3.82. The van der Waals surface area contributed by atoms with Crippen molar-refractivity contribution < 1.29 is 24.2 Å². The van der Waals surface area contributed by atoms with Crippen molar-refractivity contribution in [2.75, 3.05) is 0 Å². The van der Waals surface area contributed by atoms with E-state index in [0.29, 0.717) is 31.2 Å². The largest absolute Gasteiger partial charge is 0.478 e. The van der Waals surface area contributed by atoms with Gasteiger partial charge in [-0.1, -0.05) is 20.3 Å². The Labute approximate surface area is 99.1 Å². The average molecular weight is 240 g/mol. The van der Waals surface area contributed by atoms with Crippen LogP contribution in [-0.4, -0.2) is 22.2 Å². The van der Waals surface area contributed by atoms with Crippen molar-refractivity contribution in [3.05, 3.63) is 22.6 Å². The minimum atomic E-state index is -1.21. The Balaban J connectivity index is 3.37. The first kappa shape index (κ1) is 13.3. The predicted octanol–water partition coefficient (Wildman–Crippen LogP) is 2.58. The van der Waals surface area contributed by atoms with Crippen LogP contribution in [0.25, 0.3) is 0 Å². The predicted molar refractivity (Wildman–Crippen MR) is 60.6 cm³/mol. The molecular weight excluding hydrogens is 224 g/mol. The summed E-state index contributed by atoms with van der Waals surface area (Å²) in [5.41, 5.74) is 0.335. The lowest BCUT2D eigenvalue weighted by molar-refractivity contribution is 0.0655. The Morgan fingerprint density at radius 1 is 1.06 bits per heavy atom. The molecule has 0 saturated heterocycles. The van der Waals surface area contributed by atoms with E-state index in [1.807, 2.05) is 13.8 Å². The fraction of sp³-hybridized carbons (Fsp3) is 0.500. The molecule has 1 aromatic rings. The SMILES string of the molecule is CCCc1oc(C(=O)O)c(CCC)c1C(=O)O. The first-order chi connectivity index (χ1) is 8.02. The number of carboxylic acids is 2. The van der Waals surface area contributed by atoms with E-state index in [9.17, 15) is 9.59 Å². The molecule has 0 atom stereocenters. The van der Waals surface area contributed by atoms with Crippen molar-refractivity contribution in [2.45, 2.75) is 39.5 Å². The van der Waals surface area contributed by atoms with Gasteiger partial charge in [-0.25, -0.2) is 9.59 Å². The molecule has 1 heterocycles. The summed E-state index contributed by atoms with van der Waals surface area (Å²) in [7, 11) is 0. The zero-order valence-electron chi connectivity index (χ0n) is 9.95. The topological polar surface area (TPSA) is 87.7 Å². The van der Waals surface area contributed by atoms with Crippen LogP contribution in [0.1, 0.15) is 58.9 Å². The molecule has 2 N–H and O–H groups in total. The Morgan fingerprint density at radius 2 is 1.65 bits per heavy atom. The highest BCUT2D eigenvalue weighted by atomic mass is 16.4. The molecule has 5 nitrogen and oxygen atoms in total. The van der Waals surface area contributed by atoms with Crippen LogP contribution in [-0.2, 0) is 12.8 Å². The molecule has 17 heavy (non-hydrogen) atoms. The van der Waals surface area contributed by atoms with Crippen LogP contribution in [0.3, 0.4) is 0 Å². The molecule has 0 bridgehead atoms. The summed E-state index contributed by atoms with van der Waals surface area (Å²) in [5.74, 6) is -2.29. The van der Waals surface area contributed by atoms with Crippen molar-refractivity contribution in [1.82, 2.24) is 0 Å². The van der Waals surface area contributed by atoms with E-state index in [2.05, 4.69) is 0 Å². The maximum absolute atomic E-state index is 11.2. The zero-order chi connectivity index (χ0) is 13.0. The molecule has 1 aromatic heterocycles. The van der Waals surface area contributed by atoms with Gasteiger partial charge in [0, 0.05) is 12.0 Å². The van der Waals surface area contributed by atoms with E-state index < -0.39 is 11.9 Å². The summed E-state index contributed by atoms with van der Waals surface area (Å²) in [5, 5.41) is 18.1. The minimum absolute atomic E-state index is 0.0334. The lowest BCUT2D eigenvalue weighted by Crippen LogP contribution is -2.05. The second-order valence-electron chi connectivity index (χ2n) is 3.82. The fourth-order valence-electron chi connectivity index (χ4n) is 1.83. The standard InChI is InChI=1S/C12H16O5/c1-3-5-7-9(11(13)14)8(6-4-2)17-10(7)12(15)16/h3-6H2,1-2H3,(H,13,14)(H,15,16). The van der Waals surface area contributed by atoms with Crippen molar-refractivity contribution in [3.63, 3.8) is 0 Å². The number of furan rings is 1. The monoisotopic (exact) mass is 240 g/mol. The highest BCUT2D eigenvalue weighted by molar-refractivity contribution is 5.96. The number of carboxylic acid groups (broad SMARTS) is 2. The van der Waals surface area contributed by atoms with E-state index in [1.165, 1.54) is 0 Å². The van der Waals surface area contributed by atoms with Crippen LogP contribution < -0.4 is 0 Å². The lowest BCUT2D eigenvalue weighted by Gasteiger charge is -1.99. The summed E-state index contributed by atoms with van der Waals surface area (Å²) < 4.78 is 5.18. The van der Waals surface area contributed by atoms with Crippen LogP contribution in [0.2, 0.25) is 0 Å². The van der Waals surface area contributed by atoms with Crippen LogP contribution in [0.4, 0.5) is 0 Å². The van der Waals surface area contributed by atoms with E-state index >= 15 is 0 Å². The van der Waals surface area contributed by atoms with Gasteiger partial charge in [0.25, 0.3) is 0 Å². The van der Waals surface area contributed by atoms with Crippen LogP contribution in [0.15, 0.2) is 4.42 Å². The van der Waals surface area contributed by atoms with Gasteiger partial charge in [-0.3, -0.25) is 0 Å². The van der Waals surface area contributed by atoms with E-state index in [-0.39, 0.29) is 17.1 Å². The molecule has 0 aliphatic rings. The Morgan fingerprint density at radius 3 is 2.06 bits per heavy atom. The van der Waals surface area contributed by atoms with Crippen molar-refractivity contribution in [2.24, 2.45) is 0 Å². The molecular formula is C12H16O5. The summed E-state index contributed by atoms with van der Waals surface area (Å²) in [4.78, 5) is 22.2. The Bertz CT molecular complexity index is 430. The van der Waals surface area contributed by atoms with Crippen LogP contribution in [0, 0.1) is 0 Å². The van der Waals surface area contributed by atoms with Gasteiger partial charge >= 0.3 is 11.9 Å². The third-order valence-corrected chi connectivity index (χ3v) is 2.47. The van der Waals surface area contributed by atoms with Crippen LogP contribution in [0.5, 0.6) is 0 Å². The summed E-state index contributed by atoms with van der Waals surface area (Å²) >= 11 is 0. The quantitative estimate of drug-likeness (QED) is 0.797. The molecule has 0 fully saturated rings. The molecule has 1 rings (SSSR count). The molecule has 0 aromatic carbocycles. The molecule has 0 aliphatic carbocycles. The number of aryl methyl sites for hydroxylation is 1.